The summed E-state index contributed by atoms with van der Waals surface area (Å²) in [5.41, 5.74) is 0.579. The molecular weight excluding hydrogens is 472 g/mol. The summed E-state index contributed by atoms with van der Waals surface area (Å²) in [5.74, 6) is -0.684. The second-order valence-electron chi connectivity index (χ2n) is 11.4. The van der Waals surface area contributed by atoms with Crippen LogP contribution in [0.2, 0.25) is 0 Å². The number of ketones is 2. The van der Waals surface area contributed by atoms with Crippen molar-refractivity contribution in [3.63, 3.8) is 0 Å². The molecule has 0 N–H and O–H groups in total. The van der Waals surface area contributed by atoms with Gasteiger partial charge in [0.25, 0.3) is 0 Å². The third kappa shape index (κ3) is 5.97. The predicted molar refractivity (Wildman–Crippen MR) is 141 cm³/mol. The Bertz CT molecular complexity index is 1210. The lowest BCUT2D eigenvalue weighted by molar-refractivity contribution is -0.143. The fraction of sp³-hybridized carbons (Fsp3) is 0.500. The SMILES string of the molecule is CCc1cc(C(=O)C(C(=O)C(C)(C)C)c2cc3c(cc2C)OCCO3)c(OC(=O)C(C)(C)C)cc1OC. The number of aryl methyl sites for hydroxylation is 2. The highest BCUT2D eigenvalue weighted by Gasteiger charge is 2.39. The molecule has 0 aliphatic carbocycles. The predicted octanol–water partition coefficient (Wildman–Crippen LogP) is 5.87. The van der Waals surface area contributed by atoms with E-state index < -0.39 is 28.5 Å². The number of esters is 1. The van der Waals surface area contributed by atoms with Crippen molar-refractivity contribution >= 4 is 17.5 Å². The second-order valence-corrected chi connectivity index (χ2v) is 11.4. The van der Waals surface area contributed by atoms with Gasteiger partial charge in [-0.1, -0.05) is 27.7 Å². The van der Waals surface area contributed by atoms with Crippen LogP contribution >= 0.6 is 0 Å². The molecule has 0 bridgehead atoms. The van der Waals surface area contributed by atoms with Crippen molar-refractivity contribution in [2.24, 2.45) is 10.8 Å². The molecule has 2 aromatic rings. The van der Waals surface area contributed by atoms with E-state index in [1.807, 2.05) is 13.8 Å². The van der Waals surface area contributed by atoms with Crippen molar-refractivity contribution in [1.82, 2.24) is 0 Å². The van der Waals surface area contributed by atoms with Crippen LogP contribution < -0.4 is 18.9 Å². The highest BCUT2D eigenvalue weighted by Crippen LogP contribution is 2.41. The normalized spacial score (nSPS) is 14.1. The molecule has 0 amide bonds. The molecule has 0 saturated carbocycles. The van der Waals surface area contributed by atoms with Gasteiger partial charge in [-0.2, -0.15) is 0 Å². The standard InChI is InChI=1S/C30H38O7/c1-10-18-14-20(22(16-21(18)34-9)37-28(33)30(6,7)8)26(31)25(27(32)29(3,4)5)19-15-24-23(13-17(19)2)35-11-12-36-24/h13-16,25H,10-12H2,1-9H3. The molecule has 1 aliphatic rings. The smallest absolute Gasteiger partial charge is 0.316 e. The topological polar surface area (TPSA) is 88.1 Å². The molecule has 2 aromatic carbocycles. The molecule has 1 aliphatic heterocycles. The van der Waals surface area contributed by atoms with Gasteiger partial charge < -0.3 is 18.9 Å². The molecule has 37 heavy (non-hydrogen) atoms. The fourth-order valence-electron chi connectivity index (χ4n) is 4.11. The van der Waals surface area contributed by atoms with Gasteiger partial charge in [0.15, 0.2) is 23.1 Å². The van der Waals surface area contributed by atoms with E-state index in [-0.39, 0.29) is 17.1 Å². The van der Waals surface area contributed by atoms with Gasteiger partial charge >= 0.3 is 5.97 Å². The molecule has 0 saturated heterocycles. The number of hydrogen-bond acceptors (Lipinski definition) is 7. The molecule has 7 nitrogen and oxygen atoms in total. The lowest BCUT2D eigenvalue weighted by Gasteiger charge is -2.28. The Hall–Kier alpha value is -3.35. The number of carbonyl (C=O) groups excluding carboxylic acids is 3. The Balaban J connectivity index is 2.24. The van der Waals surface area contributed by atoms with Crippen LogP contribution in [0, 0.1) is 17.8 Å². The Morgan fingerprint density at radius 2 is 1.49 bits per heavy atom. The van der Waals surface area contributed by atoms with Gasteiger partial charge in [-0.15, -0.1) is 0 Å². The first-order valence-corrected chi connectivity index (χ1v) is 12.6. The monoisotopic (exact) mass is 510 g/mol. The van der Waals surface area contributed by atoms with Crippen molar-refractivity contribution in [3.05, 3.63) is 46.5 Å². The molecule has 200 valence electrons. The summed E-state index contributed by atoms with van der Waals surface area (Å²) in [6.45, 7) is 15.2. The van der Waals surface area contributed by atoms with E-state index in [1.165, 1.54) is 7.11 Å². The Kier molecular flexibility index (Phi) is 8.06. The van der Waals surface area contributed by atoms with Crippen LogP contribution in [0.15, 0.2) is 24.3 Å². The first kappa shape index (κ1) is 28.2. The number of Topliss-reactive ketones (excluding diaryl/α,β-unsaturated/α-hetero) is 2. The van der Waals surface area contributed by atoms with E-state index >= 15 is 0 Å². The van der Waals surface area contributed by atoms with Gasteiger partial charge in [0.05, 0.1) is 18.1 Å². The van der Waals surface area contributed by atoms with Gasteiger partial charge in [0, 0.05) is 11.5 Å². The van der Waals surface area contributed by atoms with Crippen molar-refractivity contribution in [2.75, 3.05) is 20.3 Å². The van der Waals surface area contributed by atoms with E-state index in [9.17, 15) is 14.4 Å². The summed E-state index contributed by atoms with van der Waals surface area (Å²) in [6, 6.07) is 6.75. The Morgan fingerprint density at radius 1 is 0.892 bits per heavy atom. The highest BCUT2D eigenvalue weighted by molar-refractivity contribution is 6.17. The molecule has 7 heteroatoms. The van der Waals surface area contributed by atoms with E-state index in [1.54, 1.807) is 65.8 Å². The average molecular weight is 511 g/mol. The maximum Gasteiger partial charge on any atom is 0.316 e. The minimum Gasteiger partial charge on any atom is -0.496 e. The van der Waals surface area contributed by atoms with Gasteiger partial charge in [0.2, 0.25) is 0 Å². The lowest BCUT2D eigenvalue weighted by Crippen LogP contribution is -2.33. The zero-order chi connectivity index (χ0) is 27.7. The van der Waals surface area contributed by atoms with Crippen molar-refractivity contribution in [2.45, 2.75) is 67.7 Å². The molecule has 0 fully saturated rings. The van der Waals surface area contributed by atoms with E-state index in [2.05, 4.69) is 0 Å². The summed E-state index contributed by atoms with van der Waals surface area (Å²) in [4.78, 5) is 41.0. The van der Waals surface area contributed by atoms with E-state index in [0.29, 0.717) is 42.4 Å². The van der Waals surface area contributed by atoms with Crippen molar-refractivity contribution in [3.8, 4) is 23.0 Å². The third-order valence-electron chi connectivity index (χ3n) is 6.35. The summed E-state index contributed by atoms with van der Waals surface area (Å²) in [5, 5.41) is 0. The summed E-state index contributed by atoms with van der Waals surface area (Å²) in [6.07, 6.45) is 0.581. The number of rotatable bonds is 7. The molecule has 1 heterocycles. The second kappa shape index (κ2) is 10.6. The third-order valence-corrected chi connectivity index (χ3v) is 6.35. The average Bonchev–Trinajstić information content (AvgIpc) is 2.82. The van der Waals surface area contributed by atoms with Gasteiger partial charge in [-0.3, -0.25) is 14.4 Å². The number of carbonyl (C=O) groups is 3. The van der Waals surface area contributed by atoms with E-state index in [0.717, 1.165) is 11.1 Å². The molecule has 1 atom stereocenters. The molecule has 3 rings (SSSR count). The largest absolute Gasteiger partial charge is 0.496 e. The fourth-order valence-corrected chi connectivity index (χ4v) is 4.11. The Morgan fingerprint density at radius 3 is 2.00 bits per heavy atom. The summed E-state index contributed by atoms with van der Waals surface area (Å²) < 4.78 is 22.7. The minimum atomic E-state index is -1.14. The molecule has 0 aromatic heterocycles. The molecular formula is C30H38O7. The van der Waals surface area contributed by atoms with Crippen LogP contribution in [-0.4, -0.2) is 37.9 Å². The number of ether oxygens (including phenoxy) is 4. The van der Waals surface area contributed by atoms with Gasteiger partial charge in [-0.05, 0) is 69.0 Å². The molecule has 1 unspecified atom stereocenters. The highest BCUT2D eigenvalue weighted by atomic mass is 16.6. The van der Waals surface area contributed by atoms with Crippen molar-refractivity contribution in [1.29, 1.82) is 0 Å². The summed E-state index contributed by atoms with van der Waals surface area (Å²) in [7, 11) is 1.52. The minimum absolute atomic E-state index is 0.0703. The van der Waals surface area contributed by atoms with Crippen LogP contribution in [0.5, 0.6) is 23.0 Å². The Labute approximate surface area is 219 Å². The van der Waals surface area contributed by atoms with Gasteiger partial charge in [-0.25, -0.2) is 0 Å². The van der Waals surface area contributed by atoms with Crippen LogP contribution in [0.25, 0.3) is 0 Å². The number of fused-ring (bicyclic) bond motifs is 1. The number of benzene rings is 2. The maximum atomic E-state index is 14.3. The van der Waals surface area contributed by atoms with Crippen LogP contribution in [0.4, 0.5) is 0 Å². The van der Waals surface area contributed by atoms with Gasteiger partial charge in [0.1, 0.15) is 30.6 Å². The lowest BCUT2D eigenvalue weighted by atomic mass is 9.75. The molecule has 0 radical (unpaired) electrons. The first-order chi connectivity index (χ1) is 17.2. The number of hydrogen-bond donors (Lipinski definition) is 0. The zero-order valence-electron chi connectivity index (χ0n) is 23.4. The quantitative estimate of drug-likeness (QED) is 0.199. The van der Waals surface area contributed by atoms with Crippen LogP contribution in [0.1, 0.15) is 81.4 Å². The van der Waals surface area contributed by atoms with Crippen LogP contribution in [-0.2, 0) is 16.0 Å². The van der Waals surface area contributed by atoms with E-state index in [4.69, 9.17) is 18.9 Å². The first-order valence-electron chi connectivity index (χ1n) is 12.6. The summed E-state index contributed by atoms with van der Waals surface area (Å²) >= 11 is 0. The van der Waals surface area contributed by atoms with Crippen molar-refractivity contribution < 1.29 is 33.3 Å². The molecule has 0 spiro atoms. The zero-order valence-corrected chi connectivity index (χ0v) is 23.4. The number of methoxy groups -OCH3 is 1. The maximum absolute atomic E-state index is 14.3. The van der Waals surface area contributed by atoms with Crippen LogP contribution in [0.3, 0.4) is 0 Å².